The minimum absolute atomic E-state index is 0.159. The summed E-state index contributed by atoms with van der Waals surface area (Å²) in [5.41, 5.74) is 20.5. The monoisotopic (exact) mass is 839 g/mol. The topological polar surface area (TPSA) is 53.6 Å². The summed E-state index contributed by atoms with van der Waals surface area (Å²) in [6.07, 6.45) is 27.5. The van der Waals surface area contributed by atoms with Crippen molar-refractivity contribution in [1.29, 1.82) is 0 Å². The van der Waals surface area contributed by atoms with Gasteiger partial charge in [-0.3, -0.25) is 0 Å². The Morgan fingerprint density at radius 2 is 1.59 bits per heavy atom. The van der Waals surface area contributed by atoms with Crippen LogP contribution in [-0.4, -0.2) is 17.8 Å². The number of nitrogens with zero attached hydrogens (tertiary/aromatic N) is 2. The van der Waals surface area contributed by atoms with E-state index in [2.05, 4.69) is 186 Å². The molecule has 276 valence electrons. The first-order chi connectivity index (χ1) is 27.7. The van der Waals surface area contributed by atoms with Crippen molar-refractivity contribution in [2.75, 3.05) is 10.2 Å². The van der Waals surface area contributed by atoms with Crippen molar-refractivity contribution in [1.82, 2.24) is 0 Å². The van der Waals surface area contributed by atoms with Gasteiger partial charge in [0.15, 0.2) is 0 Å². The van der Waals surface area contributed by atoms with Gasteiger partial charge < -0.3 is 5.32 Å². The number of para-hydroxylation sites is 1. The van der Waals surface area contributed by atoms with Crippen LogP contribution in [0.1, 0.15) is 41.9 Å². The van der Waals surface area contributed by atoms with Crippen molar-refractivity contribution in [3.8, 4) is 11.1 Å². The van der Waals surface area contributed by atoms with Crippen LogP contribution in [0.3, 0.4) is 0 Å². The number of hydrogen-bond acceptors (Lipinski definition) is 4. The number of anilines is 3. The third kappa shape index (κ3) is 7.64. The molecule has 0 saturated heterocycles. The maximum atomic E-state index is 6.60. The molecule has 56 heavy (non-hydrogen) atoms. The van der Waals surface area contributed by atoms with Crippen LogP contribution in [0, 0.1) is 3.57 Å². The number of fused-ring (bicyclic) bond motifs is 3. The Labute approximate surface area is 341 Å². The van der Waals surface area contributed by atoms with E-state index in [9.17, 15) is 0 Å². The van der Waals surface area contributed by atoms with Gasteiger partial charge >= 0.3 is 271 Å². The molecule has 3 N–H and O–H groups in total. The summed E-state index contributed by atoms with van der Waals surface area (Å²) in [7, 11) is 0. The minimum atomic E-state index is -0.639. The average Bonchev–Trinajstić information content (AvgIpc) is 3.60. The summed E-state index contributed by atoms with van der Waals surface area (Å²) >= 11 is -0.639. The molecule has 0 radical (unpaired) electrons. The Morgan fingerprint density at radius 1 is 0.786 bits per heavy atom. The van der Waals surface area contributed by atoms with Gasteiger partial charge in [-0.1, -0.05) is 54.6 Å². The van der Waals surface area contributed by atoms with Crippen LogP contribution in [0.2, 0.25) is 0 Å². The molecule has 0 aromatic heterocycles. The molecule has 4 nitrogen and oxygen atoms in total. The normalized spacial score (nSPS) is 20.1. The molecule has 3 aliphatic carbocycles. The molecular formula is C51H44IN4-. The molecule has 9 rings (SSSR count). The summed E-state index contributed by atoms with van der Waals surface area (Å²) in [5.74, 6) is 0.273. The average molecular weight is 840 g/mol. The zero-order valence-corrected chi connectivity index (χ0v) is 33.3. The molecule has 5 heteroatoms. The maximum absolute atomic E-state index is 6.60. The van der Waals surface area contributed by atoms with E-state index in [-0.39, 0.29) is 18.0 Å². The zero-order valence-electron chi connectivity index (χ0n) is 31.2. The summed E-state index contributed by atoms with van der Waals surface area (Å²) in [6.45, 7) is 0. The number of nitrogens with two attached hydrogens (primary N) is 1. The van der Waals surface area contributed by atoms with Gasteiger partial charge in [-0.15, -0.1) is 0 Å². The summed E-state index contributed by atoms with van der Waals surface area (Å²) in [4.78, 5) is 2.53. The molecule has 1 aliphatic heterocycles. The van der Waals surface area contributed by atoms with E-state index in [1.54, 1.807) is 0 Å². The Balaban J connectivity index is 1.01. The summed E-state index contributed by atoms with van der Waals surface area (Å²) < 4.78 is 6.52. The fraction of sp³-hybridized carbons (Fsp3) is 0.118. The van der Waals surface area contributed by atoms with Crippen LogP contribution in [0.25, 0.3) is 22.4 Å². The van der Waals surface area contributed by atoms with Crippen LogP contribution < -0.4 is 37.4 Å². The van der Waals surface area contributed by atoms with Crippen LogP contribution in [0.4, 0.5) is 17.1 Å². The number of hydrogen-bond donors (Lipinski definition) is 2. The van der Waals surface area contributed by atoms with Crippen LogP contribution >= 0.6 is 0 Å². The number of allylic oxidation sites excluding steroid dienone is 9. The number of halogens is 1. The third-order valence-corrected chi connectivity index (χ3v) is 12.9. The van der Waals surface area contributed by atoms with E-state index in [1.807, 2.05) is 18.2 Å². The molecule has 5 aromatic carbocycles. The van der Waals surface area contributed by atoms with Crippen molar-refractivity contribution in [2.45, 2.75) is 37.3 Å². The van der Waals surface area contributed by atoms with Gasteiger partial charge in [-0.25, -0.2) is 0 Å². The van der Waals surface area contributed by atoms with Crippen molar-refractivity contribution >= 4 is 34.0 Å². The van der Waals surface area contributed by atoms with E-state index in [0.29, 0.717) is 0 Å². The van der Waals surface area contributed by atoms with E-state index < -0.39 is 21.5 Å². The Kier molecular flexibility index (Phi) is 10.5. The van der Waals surface area contributed by atoms with Gasteiger partial charge in [0.05, 0.1) is 0 Å². The van der Waals surface area contributed by atoms with Crippen LogP contribution in [0.15, 0.2) is 203 Å². The molecule has 1 heterocycles. The fourth-order valence-electron chi connectivity index (χ4n) is 8.03. The van der Waals surface area contributed by atoms with Gasteiger partial charge in [-0.2, -0.15) is 0 Å². The molecule has 0 bridgehead atoms. The predicted octanol–water partition coefficient (Wildman–Crippen LogP) is 8.80. The van der Waals surface area contributed by atoms with E-state index in [4.69, 9.17) is 8.94 Å². The Morgan fingerprint density at radius 3 is 2.38 bits per heavy atom. The second-order valence-electron chi connectivity index (χ2n) is 14.5. The molecule has 3 unspecified atom stereocenters. The quantitative estimate of drug-likeness (QED) is 0.109. The van der Waals surface area contributed by atoms with Gasteiger partial charge in [0.25, 0.3) is 0 Å². The Hall–Kier alpha value is -5.92. The second kappa shape index (κ2) is 16.4. The first-order valence-electron chi connectivity index (χ1n) is 19.5. The molecule has 0 amide bonds. The standard InChI is InChI=1S/C51H44IN4/c53-47(37-17-7-2-8-18-37)35-49(38-19-9-3-10-20-38)55-52-41-27-29-43(30-28-41)56-50-24-14-13-23-44(50)45-31-25-40(34-51(45)56)39-26-32-48(54-42-21-11-4-12-22-42)46(33-39)36-15-5-1-6-16-36/h1-9,11-19,21,23-35,42,45,51,54H,10,20,22,53H2/q-1/b47-35-,55-49+. The van der Waals surface area contributed by atoms with Gasteiger partial charge in [0, 0.05) is 6.04 Å². The van der Waals surface area contributed by atoms with Crippen molar-refractivity contribution in [3.63, 3.8) is 0 Å². The summed E-state index contributed by atoms with van der Waals surface area (Å²) in [5, 5.41) is 3.80. The first-order valence-corrected chi connectivity index (χ1v) is 21.5. The van der Waals surface area contributed by atoms with Crippen molar-refractivity contribution in [2.24, 2.45) is 8.94 Å². The number of benzene rings is 5. The van der Waals surface area contributed by atoms with Gasteiger partial charge in [-0.05, 0) is 6.42 Å². The molecule has 3 atom stereocenters. The van der Waals surface area contributed by atoms with E-state index in [0.717, 1.165) is 41.9 Å². The third-order valence-electron chi connectivity index (χ3n) is 10.9. The van der Waals surface area contributed by atoms with Crippen LogP contribution in [-0.2, 0) is 0 Å². The number of rotatable bonds is 10. The molecule has 0 spiro atoms. The van der Waals surface area contributed by atoms with Crippen molar-refractivity contribution in [3.05, 3.63) is 220 Å². The number of nitrogens with one attached hydrogen (secondary N) is 1. The van der Waals surface area contributed by atoms with Gasteiger partial charge in [0.1, 0.15) is 0 Å². The SMILES string of the molecule is N/C(=C\C(=N/[I-]c1ccc(N2c3ccccc3C3C=CC(c4ccc(NC5C=CC=CC5)c(-c5ccccc5)c4)=CC32)cc1)C1=CC=CCC1)c1ccccc1. The van der Waals surface area contributed by atoms with Crippen LogP contribution in [0.5, 0.6) is 0 Å². The summed E-state index contributed by atoms with van der Waals surface area (Å²) in [6, 6.07) is 46.2. The second-order valence-corrected chi connectivity index (χ2v) is 16.7. The predicted molar refractivity (Wildman–Crippen MR) is 232 cm³/mol. The molecule has 0 fully saturated rings. The van der Waals surface area contributed by atoms with Crippen molar-refractivity contribution < 1.29 is 21.5 Å². The molecule has 0 saturated carbocycles. The molecule has 4 aliphatic rings. The fourth-order valence-corrected chi connectivity index (χ4v) is 9.70. The Bertz CT molecular complexity index is 2470. The van der Waals surface area contributed by atoms with Gasteiger partial charge in [0.2, 0.25) is 0 Å². The zero-order chi connectivity index (χ0) is 37.7. The molecular weight excluding hydrogens is 795 g/mol. The van der Waals surface area contributed by atoms with E-state index >= 15 is 0 Å². The first kappa shape index (κ1) is 35.8. The van der Waals surface area contributed by atoms with E-state index in [1.165, 1.54) is 48.3 Å². The molecule has 5 aromatic rings.